The molecule has 16 heavy (non-hydrogen) atoms. The van der Waals surface area contributed by atoms with Gasteiger partial charge in [0.2, 0.25) is 0 Å². The summed E-state index contributed by atoms with van der Waals surface area (Å²) in [5.74, 6) is -0.342. The van der Waals surface area contributed by atoms with Crippen LogP contribution in [0.3, 0.4) is 0 Å². The van der Waals surface area contributed by atoms with Crippen LogP contribution >= 0.6 is 27.3 Å². The van der Waals surface area contributed by atoms with Crippen LogP contribution in [0, 0.1) is 6.92 Å². The molecule has 0 radical (unpaired) electrons. The third-order valence-corrected chi connectivity index (χ3v) is 4.91. The number of nitrogens with zero attached hydrogens (tertiary/aromatic N) is 1. The first-order chi connectivity index (χ1) is 7.51. The van der Waals surface area contributed by atoms with E-state index in [2.05, 4.69) is 25.7 Å². The van der Waals surface area contributed by atoms with Crippen molar-refractivity contribution in [1.29, 1.82) is 0 Å². The Hall–Kier alpha value is -0.460. The van der Waals surface area contributed by atoms with Crippen LogP contribution < -0.4 is 0 Å². The fourth-order valence-corrected chi connectivity index (χ4v) is 2.79. The monoisotopic (exact) mass is 307 g/mol. The van der Waals surface area contributed by atoms with E-state index in [1.165, 1.54) is 18.4 Å². The predicted molar refractivity (Wildman–Crippen MR) is 66.3 cm³/mol. The summed E-state index contributed by atoms with van der Waals surface area (Å²) in [6.07, 6.45) is -0.00366. The summed E-state index contributed by atoms with van der Waals surface area (Å²) in [6.45, 7) is 3.73. The molecule has 0 aliphatic heterocycles. The summed E-state index contributed by atoms with van der Waals surface area (Å²) in [4.78, 5) is 16.3. The highest BCUT2D eigenvalue weighted by Gasteiger charge is 2.23. The minimum Gasteiger partial charge on any atom is -0.465 e. The lowest BCUT2D eigenvalue weighted by atomic mass is 10.3. The Kier molecular flexibility index (Phi) is 4.89. The number of carbonyl (C=O) groups excluding carboxylic acids is 1. The Morgan fingerprint density at radius 2 is 2.12 bits per heavy atom. The fraction of sp³-hybridized carbons (Fsp3) is 0.600. The Morgan fingerprint density at radius 3 is 2.62 bits per heavy atom. The van der Waals surface area contributed by atoms with Crippen LogP contribution in [0.2, 0.25) is 0 Å². The van der Waals surface area contributed by atoms with Crippen LogP contribution in [0.4, 0.5) is 0 Å². The fourth-order valence-electron chi connectivity index (χ4n) is 1.14. The molecule has 2 atom stereocenters. The lowest BCUT2D eigenvalue weighted by Crippen LogP contribution is -2.11. The number of aromatic nitrogens is 1. The molecule has 0 N–H and O–H groups in total. The highest BCUT2D eigenvalue weighted by atomic mass is 79.9. The Morgan fingerprint density at radius 1 is 1.50 bits per heavy atom. The van der Waals surface area contributed by atoms with Gasteiger partial charge in [-0.3, -0.25) is 0 Å². The molecular formula is C10H14BrNO3S. The standard InChI is InChI=1S/C10H14BrNO3S/c1-5-8(10(13)15-4)16-9(12-5)7(11)6(2)14-3/h6-7H,1-4H3. The van der Waals surface area contributed by atoms with Crippen LogP contribution in [0.15, 0.2) is 0 Å². The second-order valence-corrected chi connectivity index (χ2v) is 5.32. The SMILES string of the molecule is COC(=O)c1sc(C(Br)C(C)OC)nc1C. The summed E-state index contributed by atoms with van der Waals surface area (Å²) in [5, 5.41) is 0.826. The molecular weight excluding hydrogens is 294 g/mol. The van der Waals surface area contributed by atoms with Crippen LogP contribution in [-0.2, 0) is 9.47 Å². The maximum absolute atomic E-state index is 11.4. The lowest BCUT2D eigenvalue weighted by molar-refractivity contribution is 0.0605. The van der Waals surface area contributed by atoms with E-state index in [0.29, 0.717) is 10.6 Å². The maximum atomic E-state index is 11.4. The number of esters is 1. The molecule has 0 bridgehead atoms. The molecule has 6 heteroatoms. The topological polar surface area (TPSA) is 48.4 Å². The van der Waals surface area contributed by atoms with Gasteiger partial charge in [0.1, 0.15) is 9.88 Å². The van der Waals surface area contributed by atoms with E-state index in [-0.39, 0.29) is 16.9 Å². The predicted octanol–water partition coefficient (Wildman–Crippen LogP) is 2.71. The van der Waals surface area contributed by atoms with Gasteiger partial charge in [-0.25, -0.2) is 9.78 Å². The highest BCUT2D eigenvalue weighted by Crippen LogP contribution is 2.33. The van der Waals surface area contributed by atoms with Gasteiger partial charge in [-0.1, -0.05) is 15.9 Å². The van der Waals surface area contributed by atoms with Crippen molar-refractivity contribution in [2.75, 3.05) is 14.2 Å². The highest BCUT2D eigenvalue weighted by molar-refractivity contribution is 9.09. The summed E-state index contributed by atoms with van der Waals surface area (Å²) >= 11 is 4.83. The average molecular weight is 308 g/mol. The molecule has 2 unspecified atom stereocenters. The molecule has 0 saturated heterocycles. The molecule has 0 spiro atoms. The number of hydrogen-bond acceptors (Lipinski definition) is 5. The minimum absolute atomic E-state index is 0.00366. The van der Waals surface area contributed by atoms with Gasteiger partial charge in [0.05, 0.1) is 23.7 Å². The van der Waals surface area contributed by atoms with Gasteiger partial charge in [0, 0.05) is 7.11 Å². The molecule has 0 aliphatic rings. The number of hydrogen-bond donors (Lipinski definition) is 0. The second kappa shape index (κ2) is 5.75. The summed E-state index contributed by atoms with van der Waals surface area (Å²) in [5.41, 5.74) is 0.694. The van der Waals surface area contributed by atoms with E-state index in [9.17, 15) is 4.79 Å². The van der Waals surface area contributed by atoms with Crippen molar-refractivity contribution in [3.63, 3.8) is 0 Å². The van der Waals surface area contributed by atoms with E-state index in [0.717, 1.165) is 5.01 Å². The Labute approximate surface area is 107 Å². The van der Waals surface area contributed by atoms with Gasteiger partial charge < -0.3 is 9.47 Å². The van der Waals surface area contributed by atoms with Crippen LogP contribution in [0.25, 0.3) is 0 Å². The molecule has 1 aromatic rings. The van der Waals surface area contributed by atoms with Crippen LogP contribution in [-0.4, -0.2) is 31.3 Å². The van der Waals surface area contributed by atoms with Gasteiger partial charge in [0.15, 0.2) is 0 Å². The van der Waals surface area contributed by atoms with E-state index in [4.69, 9.17) is 4.74 Å². The van der Waals surface area contributed by atoms with E-state index in [1.54, 1.807) is 14.0 Å². The smallest absolute Gasteiger partial charge is 0.349 e. The number of aryl methyl sites for hydroxylation is 1. The van der Waals surface area contributed by atoms with Crippen molar-refractivity contribution < 1.29 is 14.3 Å². The number of rotatable bonds is 4. The quantitative estimate of drug-likeness (QED) is 0.634. The van der Waals surface area contributed by atoms with Crippen LogP contribution in [0.5, 0.6) is 0 Å². The molecule has 4 nitrogen and oxygen atoms in total. The number of ether oxygens (including phenoxy) is 2. The average Bonchev–Trinajstić information content (AvgIpc) is 2.68. The number of carbonyl (C=O) groups is 1. The zero-order valence-corrected chi connectivity index (χ0v) is 12.0. The van der Waals surface area contributed by atoms with E-state index >= 15 is 0 Å². The number of thiazole rings is 1. The van der Waals surface area contributed by atoms with Crippen molar-refractivity contribution >= 4 is 33.2 Å². The van der Waals surface area contributed by atoms with Gasteiger partial charge in [-0.15, -0.1) is 11.3 Å². The van der Waals surface area contributed by atoms with Crippen molar-refractivity contribution in [3.8, 4) is 0 Å². The summed E-state index contributed by atoms with van der Waals surface area (Å²) < 4.78 is 9.89. The van der Waals surface area contributed by atoms with Gasteiger partial charge in [0.25, 0.3) is 0 Å². The first-order valence-electron chi connectivity index (χ1n) is 4.73. The largest absolute Gasteiger partial charge is 0.465 e. The molecule has 0 saturated carbocycles. The van der Waals surface area contributed by atoms with E-state index in [1.807, 2.05) is 6.92 Å². The van der Waals surface area contributed by atoms with Gasteiger partial charge in [-0.2, -0.15) is 0 Å². The van der Waals surface area contributed by atoms with Crippen molar-refractivity contribution in [3.05, 3.63) is 15.6 Å². The minimum atomic E-state index is -0.342. The Bertz CT molecular complexity index is 380. The zero-order valence-electron chi connectivity index (χ0n) is 9.61. The summed E-state index contributed by atoms with van der Waals surface area (Å²) in [7, 11) is 3.01. The van der Waals surface area contributed by atoms with Crippen molar-refractivity contribution in [1.82, 2.24) is 4.98 Å². The normalized spacial score (nSPS) is 14.6. The molecule has 0 amide bonds. The van der Waals surface area contributed by atoms with Gasteiger partial charge in [-0.05, 0) is 13.8 Å². The number of methoxy groups -OCH3 is 2. The molecule has 0 aliphatic carbocycles. The number of alkyl halides is 1. The zero-order chi connectivity index (χ0) is 12.3. The molecule has 1 rings (SSSR count). The van der Waals surface area contributed by atoms with Crippen LogP contribution in [0.1, 0.15) is 32.1 Å². The molecule has 1 heterocycles. The number of halogens is 1. The Balaban J connectivity index is 2.96. The molecule has 90 valence electrons. The third kappa shape index (κ3) is 2.81. The first-order valence-corrected chi connectivity index (χ1v) is 6.47. The maximum Gasteiger partial charge on any atom is 0.349 e. The third-order valence-electron chi connectivity index (χ3n) is 2.20. The molecule has 0 aromatic carbocycles. The molecule has 0 fully saturated rings. The second-order valence-electron chi connectivity index (χ2n) is 3.30. The molecule has 1 aromatic heterocycles. The lowest BCUT2D eigenvalue weighted by Gasteiger charge is -2.13. The van der Waals surface area contributed by atoms with Gasteiger partial charge >= 0.3 is 5.97 Å². The first kappa shape index (κ1) is 13.6. The summed E-state index contributed by atoms with van der Waals surface area (Å²) in [6, 6.07) is 0. The van der Waals surface area contributed by atoms with E-state index < -0.39 is 0 Å². The van der Waals surface area contributed by atoms with Crippen molar-refractivity contribution in [2.45, 2.75) is 24.8 Å². The van der Waals surface area contributed by atoms with Crippen molar-refractivity contribution in [2.24, 2.45) is 0 Å².